The predicted octanol–water partition coefficient (Wildman–Crippen LogP) is 2.10. The van der Waals surface area contributed by atoms with E-state index < -0.39 is 13.3 Å². The number of ether oxygens (including phenoxy) is 2. The van der Waals surface area contributed by atoms with E-state index in [1.807, 2.05) is 0 Å². The topological polar surface area (TPSA) is 61.8 Å². The number of hydrogen-bond donors (Lipinski definition) is 0. The van der Waals surface area contributed by atoms with Crippen LogP contribution < -0.4 is 0 Å². The van der Waals surface area contributed by atoms with Crippen molar-refractivity contribution in [2.45, 2.75) is 20.8 Å². The lowest BCUT2D eigenvalue weighted by atomic mass is 10.2. The molecule has 96 valence electrons. The van der Waals surface area contributed by atoms with Crippen LogP contribution in [0.1, 0.15) is 20.8 Å². The first kappa shape index (κ1) is 15.6. The van der Waals surface area contributed by atoms with Crippen molar-refractivity contribution < 1.29 is 23.4 Å². The van der Waals surface area contributed by atoms with Crippen LogP contribution in [-0.4, -0.2) is 38.8 Å². The second-order valence-electron chi connectivity index (χ2n) is 3.49. The molecule has 0 saturated heterocycles. The van der Waals surface area contributed by atoms with Crippen LogP contribution in [0, 0.1) is 5.92 Å². The zero-order valence-electron chi connectivity index (χ0n) is 10.4. The fraction of sp³-hybridized carbons (Fsp3) is 0.900. The summed E-state index contributed by atoms with van der Waals surface area (Å²) >= 11 is 0. The second-order valence-corrected chi connectivity index (χ2v) is 6.00. The van der Waals surface area contributed by atoms with Crippen LogP contribution in [-0.2, 0) is 23.4 Å². The normalized spacial score (nSPS) is 16.5. The Balaban J connectivity index is 4.38. The Labute approximate surface area is 96.9 Å². The molecule has 6 heteroatoms. The van der Waals surface area contributed by atoms with E-state index in [4.69, 9.17) is 14.0 Å². The SMILES string of the molecule is CCOC(=O)C(C)CP(=O)(COC)OCC. The van der Waals surface area contributed by atoms with E-state index in [9.17, 15) is 9.36 Å². The van der Waals surface area contributed by atoms with Gasteiger partial charge in [0.05, 0.1) is 19.1 Å². The van der Waals surface area contributed by atoms with Gasteiger partial charge in [-0.1, -0.05) is 6.92 Å². The molecule has 0 aromatic rings. The van der Waals surface area contributed by atoms with Gasteiger partial charge in [-0.25, -0.2) is 0 Å². The van der Waals surface area contributed by atoms with Gasteiger partial charge >= 0.3 is 5.97 Å². The predicted molar refractivity (Wildman–Crippen MR) is 61.8 cm³/mol. The molecule has 16 heavy (non-hydrogen) atoms. The van der Waals surface area contributed by atoms with Crippen LogP contribution in [0.15, 0.2) is 0 Å². The van der Waals surface area contributed by atoms with E-state index in [0.717, 1.165) is 0 Å². The monoisotopic (exact) mass is 252 g/mol. The minimum atomic E-state index is -2.88. The fourth-order valence-corrected chi connectivity index (χ4v) is 3.48. The maximum Gasteiger partial charge on any atom is 0.309 e. The van der Waals surface area contributed by atoms with Crippen LogP contribution in [0.5, 0.6) is 0 Å². The minimum Gasteiger partial charge on any atom is -0.466 e. The Morgan fingerprint density at radius 2 is 1.94 bits per heavy atom. The molecule has 0 N–H and O–H groups in total. The first-order valence-corrected chi connectivity index (χ1v) is 7.36. The van der Waals surface area contributed by atoms with Gasteiger partial charge in [-0.15, -0.1) is 0 Å². The zero-order chi connectivity index (χ0) is 12.6. The lowest BCUT2D eigenvalue weighted by Crippen LogP contribution is -2.20. The minimum absolute atomic E-state index is 0.0323. The first-order chi connectivity index (χ1) is 7.49. The van der Waals surface area contributed by atoms with Gasteiger partial charge in [-0.05, 0) is 13.8 Å². The molecule has 0 amide bonds. The molecule has 0 rings (SSSR count). The molecule has 0 aliphatic rings. The molecule has 0 aromatic carbocycles. The third-order valence-corrected chi connectivity index (χ3v) is 4.42. The molecule has 0 aliphatic carbocycles. The maximum absolute atomic E-state index is 12.2. The third kappa shape index (κ3) is 5.64. The fourth-order valence-electron chi connectivity index (χ4n) is 1.35. The number of esters is 1. The van der Waals surface area contributed by atoms with Gasteiger partial charge in [0.25, 0.3) is 0 Å². The Hall–Kier alpha value is -0.380. The molecule has 5 nitrogen and oxygen atoms in total. The molecular weight excluding hydrogens is 231 g/mol. The first-order valence-electron chi connectivity index (χ1n) is 5.37. The number of carbonyl (C=O) groups is 1. The van der Waals surface area contributed by atoms with E-state index in [2.05, 4.69) is 0 Å². The van der Waals surface area contributed by atoms with E-state index in [1.54, 1.807) is 20.8 Å². The number of carbonyl (C=O) groups excluding carboxylic acids is 1. The number of hydrogen-bond acceptors (Lipinski definition) is 5. The Morgan fingerprint density at radius 3 is 2.38 bits per heavy atom. The summed E-state index contributed by atoms with van der Waals surface area (Å²) in [4.78, 5) is 11.4. The summed E-state index contributed by atoms with van der Waals surface area (Å²) in [5, 5.41) is 0. The van der Waals surface area contributed by atoms with Gasteiger partial charge in [-0.2, -0.15) is 0 Å². The molecule has 0 fully saturated rings. The van der Waals surface area contributed by atoms with Crippen molar-refractivity contribution in [3.8, 4) is 0 Å². The van der Waals surface area contributed by atoms with Crippen molar-refractivity contribution in [3.63, 3.8) is 0 Å². The van der Waals surface area contributed by atoms with Crippen LogP contribution in [0.25, 0.3) is 0 Å². The van der Waals surface area contributed by atoms with Crippen molar-refractivity contribution in [2.24, 2.45) is 5.92 Å². The average molecular weight is 252 g/mol. The zero-order valence-corrected chi connectivity index (χ0v) is 11.3. The summed E-state index contributed by atoms with van der Waals surface area (Å²) in [6, 6.07) is 0. The van der Waals surface area contributed by atoms with E-state index in [-0.39, 0.29) is 18.5 Å². The highest BCUT2D eigenvalue weighted by molar-refractivity contribution is 7.58. The Kier molecular flexibility index (Phi) is 7.64. The Morgan fingerprint density at radius 1 is 1.31 bits per heavy atom. The average Bonchev–Trinajstić information content (AvgIpc) is 2.18. The molecule has 0 heterocycles. The Bertz CT molecular complexity index is 244. The maximum atomic E-state index is 12.2. The summed E-state index contributed by atoms with van der Waals surface area (Å²) in [6.45, 7) is 5.85. The highest BCUT2D eigenvalue weighted by Crippen LogP contribution is 2.48. The van der Waals surface area contributed by atoms with Gasteiger partial charge in [0.1, 0.15) is 6.35 Å². The van der Waals surface area contributed by atoms with Crippen LogP contribution in [0.2, 0.25) is 0 Å². The van der Waals surface area contributed by atoms with Crippen molar-refractivity contribution in [1.29, 1.82) is 0 Å². The van der Waals surface area contributed by atoms with Gasteiger partial charge in [0.2, 0.25) is 7.37 Å². The lowest BCUT2D eigenvalue weighted by molar-refractivity contribution is -0.146. The number of methoxy groups -OCH3 is 1. The molecule has 0 aliphatic heterocycles. The summed E-state index contributed by atoms with van der Waals surface area (Å²) < 4.78 is 27.1. The summed E-state index contributed by atoms with van der Waals surface area (Å²) in [5.41, 5.74) is 0. The van der Waals surface area contributed by atoms with E-state index >= 15 is 0 Å². The van der Waals surface area contributed by atoms with Crippen LogP contribution >= 0.6 is 7.37 Å². The lowest BCUT2D eigenvalue weighted by Gasteiger charge is -2.19. The molecule has 0 radical (unpaired) electrons. The molecule has 2 atom stereocenters. The molecule has 0 saturated carbocycles. The molecule has 0 spiro atoms. The summed E-state index contributed by atoms with van der Waals surface area (Å²) in [5.74, 6) is -0.786. The highest BCUT2D eigenvalue weighted by atomic mass is 31.2. The van der Waals surface area contributed by atoms with E-state index in [0.29, 0.717) is 13.2 Å². The van der Waals surface area contributed by atoms with Crippen molar-refractivity contribution in [2.75, 3.05) is 32.8 Å². The van der Waals surface area contributed by atoms with Crippen molar-refractivity contribution >= 4 is 13.3 Å². The number of rotatable bonds is 8. The third-order valence-electron chi connectivity index (χ3n) is 1.93. The highest BCUT2D eigenvalue weighted by Gasteiger charge is 2.29. The van der Waals surface area contributed by atoms with Crippen LogP contribution in [0.3, 0.4) is 0 Å². The van der Waals surface area contributed by atoms with Gasteiger partial charge in [-0.3, -0.25) is 9.36 Å². The molecule has 2 unspecified atom stereocenters. The van der Waals surface area contributed by atoms with Gasteiger partial charge in [0, 0.05) is 13.3 Å². The van der Waals surface area contributed by atoms with Crippen molar-refractivity contribution in [3.05, 3.63) is 0 Å². The molecule has 0 bridgehead atoms. The second kappa shape index (κ2) is 7.82. The van der Waals surface area contributed by atoms with Crippen molar-refractivity contribution in [1.82, 2.24) is 0 Å². The molecule has 0 aromatic heterocycles. The van der Waals surface area contributed by atoms with Gasteiger partial charge < -0.3 is 14.0 Å². The summed E-state index contributed by atoms with van der Waals surface area (Å²) in [7, 11) is -1.42. The largest absolute Gasteiger partial charge is 0.466 e. The smallest absolute Gasteiger partial charge is 0.309 e. The van der Waals surface area contributed by atoms with E-state index in [1.165, 1.54) is 7.11 Å². The summed E-state index contributed by atoms with van der Waals surface area (Å²) in [6.07, 6.45) is 0.193. The quantitative estimate of drug-likeness (QED) is 0.489. The van der Waals surface area contributed by atoms with Crippen LogP contribution in [0.4, 0.5) is 0 Å². The molecular formula is C10H21O5P. The van der Waals surface area contributed by atoms with Gasteiger partial charge in [0.15, 0.2) is 0 Å². The standard InChI is InChI=1S/C10H21O5P/c1-5-14-10(11)9(3)7-16(12,8-13-4)15-6-2/h9H,5-8H2,1-4H3.